The highest BCUT2D eigenvalue weighted by Crippen LogP contribution is 2.38. The Morgan fingerprint density at radius 3 is 2.33 bits per heavy atom. The normalized spacial score (nSPS) is 10.7. The van der Waals surface area contributed by atoms with Crippen molar-refractivity contribution < 1.29 is 9.47 Å². The lowest BCUT2D eigenvalue weighted by Gasteiger charge is -2.16. The number of hydrogen-bond donors (Lipinski definition) is 1. The lowest BCUT2D eigenvalue weighted by Crippen LogP contribution is -2.04. The summed E-state index contributed by atoms with van der Waals surface area (Å²) in [5, 5.41) is 4.63. The van der Waals surface area contributed by atoms with Crippen molar-refractivity contribution in [3.05, 3.63) is 85.8 Å². The molecule has 0 spiro atoms. The van der Waals surface area contributed by atoms with Crippen LogP contribution in [0.2, 0.25) is 10.0 Å². The van der Waals surface area contributed by atoms with Crippen LogP contribution in [0.25, 0.3) is 0 Å². The van der Waals surface area contributed by atoms with Crippen molar-refractivity contribution >= 4 is 44.8 Å². The predicted molar refractivity (Wildman–Crippen MR) is 129 cm³/mol. The third-order valence-corrected chi connectivity index (χ3v) is 5.79. The van der Waals surface area contributed by atoms with Crippen LogP contribution in [0, 0.1) is 0 Å². The first-order valence-electron chi connectivity index (χ1n) is 9.85. The molecule has 6 heteroatoms. The topological polar surface area (TPSA) is 30.5 Å². The average Bonchev–Trinajstić information content (AvgIpc) is 2.73. The van der Waals surface area contributed by atoms with Crippen LogP contribution in [0.3, 0.4) is 0 Å². The molecule has 0 aliphatic rings. The molecule has 0 heterocycles. The maximum Gasteiger partial charge on any atom is 0.175 e. The van der Waals surface area contributed by atoms with Crippen LogP contribution >= 0.6 is 39.1 Å². The van der Waals surface area contributed by atoms with Gasteiger partial charge in [-0.05, 0) is 76.8 Å². The van der Waals surface area contributed by atoms with Crippen molar-refractivity contribution in [2.24, 2.45) is 0 Å². The molecule has 0 aliphatic heterocycles. The van der Waals surface area contributed by atoms with Crippen molar-refractivity contribution in [1.82, 2.24) is 0 Å². The van der Waals surface area contributed by atoms with Crippen LogP contribution in [-0.2, 0) is 19.6 Å². The summed E-state index contributed by atoms with van der Waals surface area (Å²) < 4.78 is 12.7. The van der Waals surface area contributed by atoms with E-state index in [0.29, 0.717) is 41.3 Å². The van der Waals surface area contributed by atoms with E-state index in [1.807, 2.05) is 25.1 Å². The fraction of sp³-hybridized carbons (Fsp3) is 0.250. The number of ether oxygens (including phenoxy) is 2. The molecule has 3 nitrogen and oxygen atoms in total. The van der Waals surface area contributed by atoms with Crippen LogP contribution in [0.1, 0.15) is 30.5 Å². The molecule has 3 aromatic carbocycles. The van der Waals surface area contributed by atoms with Crippen LogP contribution in [0.15, 0.2) is 59.1 Å². The van der Waals surface area contributed by atoms with E-state index in [4.69, 9.17) is 32.7 Å². The lowest BCUT2D eigenvalue weighted by molar-refractivity contribution is 0.267. The third-order valence-electron chi connectivity index (χ3n) is 4.62. The molecule has 0 aromatic heterocycles. The zero-order chi connectivity index (χ0) is 21.5. The molecule has 0 saturated carbocycles. The summed E-state index contributed by atoms with van der Waals surface area (Å²) >= 11 is 15.9. The fourth-order valence-corrected chi connectivity index (χ4v) is 4.04. The quantitative estimate of drug-likeness (QED) is 0.318. The molecular weight excluding hydrogens is 485 g/mol. The summed E-state index contributed by atoms with van der Waals surface area (Å²) in [6, 6.07) is 17.9. The highest BCUT2D eigenvalue weighted by molar-refractivity contribution is 9.10. The molecule has 1 N–H and O–H groups in total. The minimum atomic E-state index is 0.316. The maximum atomic E-state index is 6.26. The Labute approximate surface area is 196 Å². The molecule has 0 saturated heterocycles. The zero-order valence-electron chi connectivity index (χ0n) is 17.0. The van der Waals surface area contributed by atoms with Crippen LogP contribution in [-0.4, -0.2) is 6.61 Å². The van der Waals surface area contributed by atoms with Crippen LogP contribution in [0.4, 0.5) is 5.69 Å². The van der Waals surface area contributed by atoms with Gasteiger partial charge in [-0.2, -0.15) is 0 Å². The molecule has 3 rings (SSSR count). The van der Waals surface area contributed by atoms with Crippen molar-refractivity contribution in [3.8, 4) is 11.5 Å². The average molecular weight is 509 g/mol. The summed E-state index contributed by atoms with van der Waals surface area (Å²) in [5.41, 5.74) is 4.35. The molecule has 158 valence electrons. The Hall–Kier alpha value is -1.88. The summed E-state index contributed by atoms with van der Waals surface area (Å²) in [4.78, 5) is 0. The van der Waals surface area contributed by atoms with Gasteiger partial charge < -0.3 is 14.8 Å². The lowest BCUT2D eigenvalue weighted by atomic mass is 10.1. The summed E-state index contributed by atoms with van der Waals surface area (Å²) in [6.07, 6.45) is 1.04. The summed E-state index contributed by atoms with van der Waals surface area (Å²) in [6.45, 7) is 5.64. The van der Waals surface area contributed by atoms with Crippen molar-refractivity contribution in [1.29, 1.82) is 0 Å². The summed E-state index contributed by atoms with van der Waals surface area (Å²) in [7, 11) is 0. The smallest absolute Gasteiger partial charge is 0.175 e. The van der Waals surface area contributed by atoms with E-state index in [1.165, 1.54) is 5.56 Å². The van der Waals surface area contributed by atoms with Gasteiger partial charge >= 0.3 is 0 Å². The summed E-state index contributed by atoms with van der Waals surface area (Å²) in [5.74, 6) is 1.34. The van der Waals surface area contributed by atoms with Gasteiger partial charge in [0.15, 0.2) is 11.5 Å². The van der Waals surface area contributed by atoms with E-state index in [2.05, 4.69) is 52.4 Å². The molecule has 0 atom stereocenters. The molecule has 0 amide bonds. The van der Waals surface area contributed by atoms with Gasteiger partial charge in [-0.15, -0.1) is 0 Å². The van der Waals surface area contributed by atoms with Gasteiger partial charge in [0, 0.05) is 27.8 Å². The number of aryl methyl sites for hydroxylation is 1. The second-order valence-electron chi connectivity index (χ2n) is 6.77. The number of rotatable bonds is 9. The Morgan fingerprint density at radius 1 is 0.900 bits per heavy atom. The van der Waals surface area contributed by atoms with Gasteiger partial charge in [0.25, 0.3) is 0 Å². The number of hydrogen-bond acceptors (Lipinski definition) is 3. The largest absolute Gasteiger partial charge is 0.490 e. The fourth-order valence-electron chi connectivity index (χ4n) is 2.98. The number of anilines is 1. The van der Waals surface area contributed by atoms with E-state index >= 15 is 0 Å². The first-order valence-corrected chi connectivity index (χ1v) is 11.4. The van der Waals surface area contributed by atoms with E-state index in [-0.39, 0.29) is 0 Å². The van der Waals surface area contributed by atoms with Gasteiger partial charge in [0.1, 0.15) is 6.61 Å². The van der Waals surface area contributed by atoms with Gasteiger partial charge in [-0.1, -0.05) is 48.3 Å². The Bertz CT molecular complexity index is 993. The highest BCUT2D eigenvalue weighted by atomic mass is 79.9. The molecule has 3 aromatic rings. The van der Waals surface area contributed by atoms with E-state index in [9.17, 15) is 0 Å². The van der Waals surface area contributed by atoms with Crippen molar-refractivity contribution in [2.45, 2.75) is 33.4 Å². The minimum Gasteiger partial charge on any atom is -0.490 e. The molecule has 0 unspecified atom stereocenters. The molecule has 0 bridgehead atoms. The molecule has 0 radical (unpaired) electrons. The van der Waals surface area contributed by atoms with E-state index < -0.39 is 0 Å². The predicted octanol–water partition coefficient (Wildman–Crippen LogP) is 7.91. The molecule has 0 aliphatic carbocycles. The van der Waals surface area contributed by atoms with E-state index in [1.54, 1.807) is 12.1 Å². The Kier molecular flexibility index (Phi) is 8.32. The SMILES string of the molecule is CCOc1cc(CNc2ccc(CC)cc2)cc(Br)c1OCc1ccc(Cl)cc1Cl. The third kappa shape index (κ3) is 6.07. The minimum absolute atomic E-state index is 0.316. The van der Waals surface area contributed by atoms with Gasteiger partial charge in [-0.3, -0.25) is 0 Å². The molecular formula is C24H24BrCl2NO2. The van der Waals surface area contributed by atoms with Crippen molar-refractivity contribution in [2.75, 3.05) is 11.9 Å². The van der Waals surface area contributed by atoms with Gasteiger partial charge in [0.2, 0.25) is 0 Å². The van der Waals surface area contributed by atoms with Crippen LogP contribution in [0.5, 0.6) is 11.5 Å². The standard InChI is InChI=1S/C24H24BrCl2NO2/c1-3-16-5-9-20(10-6-16)28-14-17-11-21(25)24(23(12-17)29-4-2)30-15-18-7-8-19(26)13-22(18)27/h5-13,28H,3-4,14-15H2,1-2H3. The molecule has 30 heavy (non-hydrogen) atoms. The highest BCUT2D eigenvalue weighted by Gasteiger charge is 2.14. The van der Waals surface area contributed by atoms with E-state index in [0.717, 1.165) is 27.7 Å². The monoisotopic (exact) mass is 507 g/mol. The van der Waals surface area contributed by atoms with Gasteiger partial charge in [0.05, 0.1) is 11.1 Å². The molecule has 0 fully saturated rings. The Morgan fingerprint density at radius 2 is 1.67 bits per heavy atom. The maximum absolute atomic E-state index is 6.26. The number of nitrogens with one attached hydrogen (secondary N) is 1. The second kappa shape index (κ2) is 10.9. The number of halogens is 3. The first kappa shape index (κ1) is 22.8. The second-order valence-corrected chi connectivity index (χ2v) is 8.46. The first-order chi connectivity index (χ1) is 14.5. The zero-order valence-corrected chi connectivity index (χ0v) is 20.1. The Balaban J connectivity index is 1.73. The van der Waals surface area contributed by atoms with Crippen LogP contribution < -0.4 is 14.8 Å². The van der Waals surface area contributed by atoms with Crippen molar-refractivity contribution in [3.63, 3.8) is 0 Å². The number of benzene rings is 3. The van der Waals surface area contributed by atoms with Gasteiger partial charge in [-0.25, -0.2) is 0 Å².